The number of nitrogens with zero attached hydrogens (tertiary/aromatic N) is 2. The van der Waals surface area contributed by atoms with Gasteiger partial charge in [0.05, 0.1) is 6.61 Å². The molecule has 3 aromatic rings. The minimum Gasteiger partial charge on any atom is -0.494 e. The van der Waals surface area contributed by atoms with Crippen LogP contribution >= 0.6 is 0 Å². The number of hydrogen-bond donors (Lipinski definition) is 2. The highest BCUT2D eigenvalue weighted by Gasteiger charge is 2.18. The van der Waals surface area contributed by atoms with Crippen molar-refractivity contribution in [1.29, 1.82) is 0 Å². The lowest BCUT2D eigenvalue weighted by Crippen LogP contribution is -2.48. The van der Waals surface area contributed by atoms with E-state index in [1.807, 2.05) is 6.92 Å². The van der Waals surface area contributed by atoms with Crippen molar-refractivity contribution in [3.05, 3.63) is 70.8 Å². The van der Waals surface area contributed by atoms with E-state index in [1.54, 1.807) is 42.5 Å². The summed E-state index contributed by atoms with van der Waals surface area (Å²) >= 11 is 0. The first kappa shape index (κ1) is 19.9. The zero-order valence-corrected chi connectivity index (χ0v) is 15.9. The fourth-order valence-corrected chi connectivity index (χ4v) is 2.51. The predicted octanol–water partition coefficient (Wildman–Crippen LogP) is 1.32. The quantitative estimate of drug-likeness (QED) is 0.608. The normalized spacial score (nSPS) is 11.5. The van der Waals surface area contributed by atoms with Crippen LogP contribution in [-0.2, 0) is 4.79 Å². The zero-order chi connectivity index (χ0) is 20.8. The van der Waals surface area contributed by atoms with Crippen molar-refractivity contribution in [3.63, 3.8) is 0 Å². The number of carbonyl (C=O) groups excluding carboxylic acids is 2. The van der Waals surface area contributed by atoms with Gasteiger partial charge in [-0.1, -0.05) is 6.07 Å². The second-order valence-corrected chi connectivity index (χ2v) is 6.01. The third-order valence-electron chi connectivity index (χ3n) is 3.97. The van der Waals surface area contributed by atoms with Crippen molar-refractivity contribution < 1.29 is 19.1 Å². The lowest BCUT2D eigenvalue weighted by atomic mass is 10.3. The van der Waals surface area contributed by atoms with Crippen molar-refractivity contribution in [2.45, 2.75) is 20.0 Å². The Morgan fingerprint density at radius 3 is 2.55 bits per heavy atom. The molecular formula is C20H20N4O5. The summed E-state index contributed by atoms with van der Waals surface area (Å²) in [5.74, 6) is -0.192. The van der Waals surface area contributed by atoms with E-state index in [0.29, 0.717) is 23.8 Å². The van der Waals surface area contributed by atoms with Crippen LogP contribution in [0.4, 0.5) is 0 Å². The van der Waals surface area contributed by atoms with Gasteiger partial charge in [0.15, 0.2) is 6.10 Å². The molecule has 150 valence electrons. The van der Waals surface area contributed by atoms with E-state index >= 15 is 0 Å². The largest absolute Gasteiger partial charge is 0.494 e. The molecule has 0 unspecified atom stereocenters. The minimum atomic E-state index is -0.885. The van der Waals surface area contributed by atoms with Crippen LogP contribution in [0.2, 0.25) is 0 Å². The standard InChI is InChI=1S/C20H20N4O5/c1-3-28-14-7-9-15(10-8-14)29-13(2)18(25)22-23-19(26)16-12-21-17-6-4-5-11-24(17)20(16)27/h4-13H,3H2,1-2H3,(H,22,25)(H,23,26)/t13-/m0/s1. The monoisotopic (exact) mass is 396 g/mol. The summed E-state index contributed by atoms with van der Waals surface area (Å²) in [4.78, 5) is 40.9. The van der Waals surface area contributed by atoms with E-state index in [2.05, 4.69) is 15.8 Å². The molecule has 9 nitrogen and oxygen atoms in total. The molecule has 29 heavy (non-hydrogen) atoms. The maximum Gasteiger partial charge on any atom is 0.279 e. The van der Waals surface area contributed by atoms with Crippen molar-refractivity contribution >= 4 is 17.5 Å². The molecular weight excluding hydrogens is 376 g/mol. The average molecular weight is 396 g/mol. The molecule has 1 aromatic carbocycles. The minimum absolute atomic E-state index is 0.200. The third-order valence-corrected chi connectivity index (χ3v) is 3.97. The van der Waals surface area contributed by atoms with E-state index < -0.39 is 23.5 Å². The van der Waals surface area contributed by atoms with Crippen LogP contribution < -0.4 is 25.9 Å². The van der Waals surface area contributed by atoms with Crippen LogP contribution in [0.1, 0.15) is 24.2 Å². The highest BCUT2D eigenvalue weighted by molar-refractivity contribution is 5.95. The molecule has 2 aromatic heterocycles. The van der Waals surface area contributed by atoms with Crippen LogP contribution in [-0.4, -0.2) is 33.9 Å². The molecule has 2 N–H and O–H groups in total. The second kappa shape index (κ2) is 8.87. The molecule has 0 spiro atoms. The number of benzene rings is 1. The summed E-state index contributed by atoms with van der Waals surface area (Å²) in [7, 11) is 0. The maximum absolute atomic E-state index is 12.4. The van der Waals surface area contributed by atoms with Gasteiger partial charge < -0.3 is 9.47 Å². The highest BCUT2D eigenvalue weighted by atomic mass is 16.5. The van der Waals surface area contributed by atoms with E-state index in [4.69, 9.17) is 9.47 Å². The van der Waals surface area contributed by atoms with E-state index in [-0.39, 0.29) is 5.56 Å². The van der Waals surface area contributed by atoms with Gasteiger partial charge in [0.2, 0.25) is 0 Å². The van der Waals surface area contributed by atoms with Crippen molar-refractivity contribution in [3.8, 4) is 11.5 Å². The first-order valence-electron chi connectivity index (χ1n) is 8.95. The Balaban J connectivity index is 1.59. The molecule has 0 radical (unpaired) electrons. The number of carbonyl (C=O) groups is 2. The van der Waals surface area contributed by atoms with Crippen LogP contribution in [0.5, 0.6) is 11.5 Å². The first-order valence-corrected chi connectivity index (χ1v) is 8.95. The number of nitrogens with one attached hydrogen (secondary N) is 2. The van der Waals surface area contributed by atoms with Crippen LogP contribution in [0, 0.1) is 0 Å². The van der Waals surface area contributed by atoms with E-state index in [0.717, 1.165) is 0 Å². The van der Waals surface area contributed by atoms with Gasteiger partial charge in [-0.3, -0.25) is 29.6 Å². The Labute approximate surface area is 166 Å². The van der Waals surface area contributed by atoms with Gasteiger partial charge in [-0.25, -0.2) is 4.98 Å². The smallest absolute Gasteiger partial charge is 0.279 e. The van der Waals surface area contributed by atoms with E-state index in [1.165, 1.54) is 23.7 Å². The number of hydrogen-bond acceptors (Lipinski definition) is 6. The van der Waals surface area contributed by atoms with Gasteiger partial charge in [-0.2, -0.15) is 0 Å². The molecule has 0 aliphatic carbocycles. The number of aromatic nitrogens is 2. The summed E-state index contributed by atoms with van der Waals surface area (Å²) in [6.45, 7) is 3.97. The Morgan fingerprint density at radius 2 is 1.83 bits per heavy atom. The zero-order valence-electron chi connectivity index (χ0n) is 15.9. The summed E-state index contributed by atoms with van der Waals surface area (Å²) in [5.41, 5.74) is 4.12. The predicted molar refractivity (Wildman–Crippen MR) is 105 cm³/mol. The fourth-order valence-electron chi connectivity index (χ4n) is 2.51. The van der Waals surface area contributed by atoms with Crippen molar-refractivity contribution in [1.82, 2.24) is 20.2 Å². The van der Waals surface area contributed by atoms with Gasteiger partial charge in [-0.15, -0.1) is 0 Å². The number of hydrazine groups is 1. The molecule has 2 heterocycles. The van der Waals surface area contributed by atoms with Crippen molar-refractivity contribution in [2.24, 2.45) is 0 Å². The van der Waals surface area contributed by atoms with Gasteiger partial charge in [-0.05, 0) is 50.2 Å². The molecule has 2 amide bonds. The molecule has 0 bridgehead atoms. The second-order valence-electron chi connectivity index (χ2n) is 6.01. The number of rotatable bonds is 6. The Morgan fingerprint density at radius 1 is 1.10 bits per heavy atom. The van der Waals surface area contributed by atoms with Gasteiger partial charge in [0.1, 0.15) is 22.7 Å². The molecule has 0 aliphatic heterocycles. The summed E-state index contributed by atoms with van der Waals surface area (Å²) < 4.78 is 12.1. The number of amides is 2. The first-order chi connectivity index (χ1) is 14.0. The van der Waals surface area contributed by atoms with Crippen molar-refractivity contribution in [2.75, 3.05) is 6.61 Å². The Hall–Kier alpha value is -3.88. The highest BCUT2D eigenvalue weighted by Crippen LogP contribution is 2.18. The number of pyridine rings is 1. The molecule has 0 saturated carbocycles. The summed E-state index contributed by atoms with van der Waals surface area (Å²) in [6, 6.07) is 11.8. The number of fused-ring (bicyclic) bond motifs is 1. The van der Waals surface area contributed by atoms with Crippen LogP contribution in [0.15, 0.2) is 59.7 Å². The molecule has 1 atom stereocenters. The SMILES string of the molecule is CCOc1ccc(O[C@@H](C)C(=O)NNC(=O)c2cnc3ccccn3c2=O)cc1. The van der Waals surface area contributed by atoms with Gasteiger partial charge in [0, 0.05) is 12.4 Å². The fraction of sp³-hybridized carbons (Fsp3) is 0.200. The number of ether oxygens (including phenoxy) is 2. The van der Waals surface area contributed by atoms with E-state index in [9.17, 15) is 14.4 Å². The third kappa shape index (κ3) is 4.70. The average Bonchev–Trinajstić information content (AvgIpc) is 2.73. The molecule has 9 heteroatoms. The van der Waals surface area contributed by atoms with Crippen LogP contribution in [0.3, 0.4) is 0 Å². The maximum atomic E-state index is 12.4. The summed E-state index contributed by atoms with van der Waals surface area (Å²) in [5, 5.41) is 0. The molecule has 0 saturated heterocycles. The lowest BCUT2D eigenvalue weighted by molar-refractivity contribution is -0.128. The summed E-state index contributed by atoms with van der Waals surface area (Å²) in [6.07, 6.45) is 1.79. The topological polar surface area (TPSA) is 111 Å². The van der Waals surface area contributed by atoms with Gasteiger partial charge >= 0.3 is 0 Å². The van der Waals surface area contributed by atoms with Crippen LogP contribution in [0.25, 0.3) is 5.65 Å². The molecule has 0 fully saturated rings. The van der Waals surface area contributed by atoms with Gasteiger partial charge in [0.25, 0.3) is 17.4 Å². The Kier molecular flexibility index (Phi) is 6.08. The molecule has 3 rings (SSSR count). The Bertz CT molecular complexity index is 1080. The molecule has 0 aliphatic rings. The lowest BCUT2D eigenvalue weighted by Gasteiger charge is -2.15.